The first-order chi connectivity index (χ1) is 14.7. The summed E-state index contributed by atoms with van der Waals surface area (Å²) in [5, 5.41) is 5.99. The van der Waals surface area contributed by atoms with Gasteiger partial charge in [-0.05, 0) is 75.0 Å². The maximum Gasteiger partial charge on any atom is 0.312 e. The van der Waals surface area contributed by atoms with Gasteiger partial charge in [0, 0.05) is 19.0 Å². The number of esters is 1. The summed E-state index contributed by atoms with van der Waals surface area (Å²) in [6, 6.07) is 7.44. The van der Waals surface area contributed by atoms with E-state index in [0.29, 0.717) is 24.8 Å². The van der Waals surface area contributed by atoms with Crippen molar-refractivity contribution in [2.75, 3.05) is 7.11 Å². The Kier molecular flexibility index (Phi) is 5.71. The standard InChI is InChI=1S/C24H32N2O5/c1-15(21(28)25-13-17-4-6-20(30-3)7-5-17)31-22(29)23-9-18-8-19(10-23)12-24(11-18,14-23)26-16(2)27/h4-7,15,18-19H,8-14H2,1-3H3,(H,25,28)(H,26,27). The first-order valence-electron chi connectivity index (χ1n) is 11.1. The fourth-order valence-corrected chi connectivity index (χ4v) is 6.44. The van der Waals surface area contributed by atoms with Crippen molar-refractivity contribution in [1.82, 2.24) is 10.6 Å². The first-order valence-corrected chi connectivity index (χ1v) is 11.1. The lowest BCUT2D eigenvalue weighted by Crippen LogP contribution is -2.65. The molecule has 3 unspecified atom stereocenters. The summed E-state index contributed by atoms with van der Waals surface area (Å²) in [6.07, 6.45) is 4.34. The molecular weight excluding hydrogens is 396 g/mol. The third-order valence-corrected chi connectivity index (χ3v) is 7.21. The van der Waals surface area contributed by atoms with Gasteiger partial charge in [0.25, 0.3) is 5.91 Å². The monoisotopic (exact) mass is 428 g/mol. The quantitative estimate of drug-likeness (QED) is 0.652. The molecule has 2 amide bonds. The Morgan fingerprint density at radius 2 is 1.74 bits per heavy atom. The van der Waals surface area contributed by atoms with Gasteiger partial charge in [-0.2, -0.15) is 0 Å². The number of hydrogen-bond acceptors (Lipinski definition) is 5. The van der Waals surface area contributed by atoms with Gasteiger partial charge in [-0.3, -0.25) is 14.4 Å². The molecule has 2 N–H and O–H groups in total. The van der Waals surface area contributed by atoms with E-state index < -0.39 is 11.5 Å². The van der Waals surface area contributed by atoms with Crippen LogP contribution in [0.4, 0.5) is 0 Å². The lowest BCUT2D eigenvalue weighted by molar-refractivity contribution is -0.182. The number of hydrogen-bond donors (Lipinski definition) is 2. The van der Waals surface area contributed by atoms with E-state index in [2.05, 4.69) is 10.6 Å². The van der Waals surface area contributed by atoms with Crippen molar-refractivity contribution >= 4 is 17.8 Å². The Bertz CT molecular complexity index is 851. The van der Waals surface area contributed by atoms with Crippen LogP contribution in [0.1, 0.15) is 57.9 Å². The van der Waals surface area contributed by atoms with Crippen LogP contribution in [-0.2, 0) is 25.7 Å². The third kappa shape index (κ3) is 4.41. The molecule has 0 spiro atoms. The molecule has 4 fully saturated rings. The van der Waals surface area contributed by atoms with E-state index in [1.165, 1.54) is 0 Å². The highest BCUT2D eigenvalue weighted by Gasteiger charge is 2.61. The number of methoxy groups -OCH3 is 1. The molecule has 4 bridgehead atoms. The lowest BCUT2D eigenvalue weighted by atomic mass is 9.47. The zero-order chi connectivity index (χ0) is 22.2. The molecule has 0 heterocycles. The van der Waals surface area contributed by atoms with Crippen molar-refractivity contribution in [3.63, 3.8) is 0 Å². The molecule has 0 saturated heterocycles. The van der Waals surface area contributed by atoms with Crippen molar-refractivity contribution < 1.29 is 23.9 Å². The lowest BCUT2D eigenvalue weighted by Gasteiger charge is -2.60. The molecule has 7 nitrogen and oxygen atoms in total. The van der Waals surface area contributed by atoms with E-state index in [9.17, 15) is 14.4 Å². The minimum atomic E-state index is -0.865. The third-order valence-electron chi connectivity index (χ3n) is 7.21. The van der Waals surface area contributed by atoms with Crippen LogP contribution in [0.5, 0.6) is 5.75 Å². The van der Waals surface area contributed by atoms with Gasteiger partial charge >= 0.3 is 5.97 Å². The highest BCUT2D eigenvalue weighted by Crippen LogP contribution is 2.62. The van der Waals surface area contributed by atoms with Gasteiger partial charge in [-0.1, -0.05) is 12.1 Å². The van der Waals surface area contributed by atoms with E-state index in [0.717, 1.165) is 43.4 Å². The summed E-state index contributed by atoms with van der Waals surface area (Å²) in [5.41, 5.74) is 0.0530. The first kappa shape index (κ1) is 21.7. The van der Waals surface area contributed by atoms with Crippen molar-refractivity contribution in [3.05, 3.63) is 29.8 Å². The maximum absolute atomic E-state index is 13.3. The predicted molar refractivity (Wildman–Crippen MR) is 114 cm³/mol. The molecule has 4 saturated carbocycles. The van der Waals surface area contributed by atoms with Crippen LogP contribution in [0, 0.1) is 17.3 Å². The van der Waals surface area contributed by atoms with Crippen molar-refractivity contribution in [1.29, 1.82) is 0 Å². The van der Waals surface area contributed by atoms with E-state index in [-0.39, 0.29) is 23.3 Å². The maximum atomic E-state index is 13.3. The summed E-state index contributed by atoms with van der Waals surface area (Å²) in [6.45, 7) is 3.51. The SMILES string of the molecule is COc1ccc(CNC(=O)C(C)OC(=O)C23CC4CC(CC(NC(C)=O)(C4)C2)C3)cc1. The highest BCUT2D eigenvalue weighted by atomic mass is 16.5. The molecule has 168 valence electrons. The van der Waals surface area contributed by atoms with Crippen LogP contribution in [0.15, 0.2) is 24.3 Å². The van der Waals surface area contributed by atoms with Crippen LogP contribution < -0.4 is 15.4 Å². The number of rotatable bonds is 7. The zero-order valence-electron chi connectivity index (χ0n) is 18.5. The molecule has 3 atom stereocenters. The van der Waals surface area contributed by atoms with Crippen LogP contribution in [-0.4, -0.2) is 36.5 Å². The van der Waals surface area contributed by atoms with Gasteiger partial charge in [-0.15, -0.1) is 0 Å². The van der Waals surface area contributed by atoms with Crippen molar-refractivity contribution in [2.24, 2.45) is 17.3 Å². The van der Waals surface area contributed by atoms with Crippen LogP contribution >= 0.6 is 0 Å². The molecule has 31 heavy (non-hydrogen) atoms. The van der Waals surface area contributed by atoms with Gasteiger partial charge in [0.05, 0.1) is 12.5 Å². The number of carbonyl (C=O) groups excluding carboxylic acids is 3. The number of benzene rings is 1. The molecular formula is C24H32N2O5. The molecule has 0 radical (unpaired) electrons. The van der Waals surface area contributed by atoms with Gasteiger partial charge in [0.15, 0.2) is 6.10 Å². The summed E-state index contributed by atoms with van der Waals surface area (Å²) in [4.78, 5) is 37.6. The minimum Gasteiger partial charge on any atom is -0.497 e. The topological polar surface area (TPSA) is 93.7 Å². The molecule has 4 aliphatic rings. The summed E-state index contributed by atoms with van der Waals surface area (Å²) in [5.74, 6) is 0.968. The van der Waals surface area contributed by atoms with E-state index >= 15 is 0 Å². The van der Waals surface area contributed by atoms with E-state index in [1.54, 1.807) is 21.0 Å². The largest absolute Gasteiger partial charge is 0.497 e. The second-order valence-electron chi connectivity index (χ2n) is 9.82. The molecule has 0 aliphatic heterocycles. The molecule has 4 aliphatic carbocycles. The number of ether oxygens (including phenoxy) is 2. The van der Waals surface area contributed by atoms with E-state index in [4.69, 9.17) is 9.47 Å². The molecule has 0 aromatic heterocycles. The summed E-state index contributed by atoms with van der Waals surface area (Å²) >= 11 is 0. The molecule has 7 heteroatoms. The van der Waals surface area contributed by atoms with Gasteiger partial charge in [-0.25, -0.2) is 0 Å². The fourth-order valence-electron chi connectivity index (χ4n) is 6.44. The Hall–Kier alpha value is -2.57. The molecule has 1 aromatic rings. The number of nitrogens with one attached hydrogen (secondary N) is 2. The van der Waals surface area contributed by atoms with Crippen molar-refractivity contribution in [3.8, 4) is 5.75 Å². The number of carbonyl (C=O) groups is 3. The predicted octanol–water partition coefficient (Wildman–Crippen LogP) is 2.72. The Morgan fingerprint density at radius 1 is 1.10 bits per heavy atom. The van der Waals surface area contributed by atoms with Crippen LogP contribution in [0.2, 0.25) is 0 Å². The Balaban J connectivity index is 1.36. The summed E-state index contributed by atoms with van der Waals surface area (Å²) in [7, 11) is 1.61. The normalized spacial score (nSPS) is 31.6. The average Bonchev–Trinajstić information content (AvgIpc) is 2.70. The summed E-state index contributed by atoms with van der Waals surface area (Å²) < 4.78 is 10.8. The average molecular weight is 429 g/mol. The Labute approximate surface area is 183 Å². The van der Waals surface area contributed by atoms with Crippen LogP contribution in [0.3, 0.4) is 0 Å². The second kappa shape index (κ2) is 8.17. The smallest absolute Gasteiger partial charge is 0.312 e. The number of amides is 2. The van der Waals surface area contributed by atoms with Gasteiger partial charge in [0.1, 0.15) is 5.75 Å². The minimum absolute atomic E-state index is 0.0447. The van der Waals surface area contributed by atoms with E-state index in [1.807, 2.05) is 24.3 Å². The second-order valence-corrected chi connectivity index (χ2v) is 9.82. The van der Waals surface area contributed by atoms with Gasteiger partial charge < -0.3 is 20.1 Å². The molecule has 1 aromatic carbocycles. The van der Waals surface area contributed by atoms with Gasteiger partial charge in [0.2, 0.25) is 5.91 Å². The Morgan fingerprint density at radius 3 is 2.32 bits per heavy atom. The molecule has 5 rings (SSSR count). The highest BCUT2D eigenvalue weighted by molar-refractivity contribution is 5.85. The zero-order valence-corrected chi connectivity index (χ0v) is 18.5. The fraction of sp³-hybridized carbons (Fsp3) is 0.625. The van der Waals surface area contributed by atoms with Crippen LogP contribution in [0.25, 0.3) is 0 Å². The van der Waals surface area contributed by atoms with Crippen molar-refractivity contribution in [2.45, 2.75) is 70.6 Å².